The van der Waals surface area contributed by atoms with E-state index in [1.54, 1.807) is 0 Å². The van der Waals surface area contributed by atoms with Crippen molar-refractivity contribution in [1.82, 2.24) is 0 Å². The van der Waals surface area contributed by atoms with Crippen molar-refractivity contribution in [2.75, 3.05) is 4.90 Å². The molecule has 0 N–H and O–H groups in total. The minimum absolute atomic E-state index is 0.157. The van der Waals surface area contributed by atoms with E-state index in [9.17, 15) is 0 Å². The molecule has 11 aromatic rings. The normalized spacial score (nSPS) is 15.9. The highest BCUT2D eigenvalue weighted by Crippen LogP contribution is 2.58. The molecular weight excluding hydrogens is 879 g/mol. The van der Waals surface area contributed by atoms with Gasteiger partial charge in [-0.25, -0.2) is 0 Å². The van der Waals surface area contributed by atoms with Gasteiger partial charge in [-0.15, -0.1) is 0 Å². The summed E-state index contributed by atoms with van der Waals surface area (Å²) in [5.41, 5.74) is 26.9. The van der Waals surface area contributed by atoms with Gasteiger partial charge in [0, 0.05) is 27.8 Å². The van der Waals surface area contributed by atoms with Crippen LogP contribution in [0.2, 0.25) is 0 Å². The minimum atomic E-state index is -0.467. The van der Waals surface area contributed by atoms with E-state index in [2.05, 4.69) is 293 Å². The summed E-state index contributed by atoms with van der Waals surface area (Å²) in [5.74, 6) is 0. The Kier molecular flexibility index (Phi) is 9.66. The summed E-state index contributed by atoms with van der Waals surface area (Å²) in [4.78, 5) is 2.49. The van der Waals surface area contributed by atoms with E-state index in [1.165, 1.54) is 106 Å². The summed E-state index contributed by atoms with van der Waals surface area (Å²) in [6.07, 6.45) is 0. The molecule has 1 nitrogen and oxygen atoms in total. The Bertz CT molecular complexity index is 3900. The first-order chi connectivity index (χ1) is 35.8. The van der Waals surface area contributed by atoms with Crippen LogP contribution in [-0.2, 0) is 16.2 Å². The first-order valence-corrected chi connectivity index (χ1v) is 25.7. The number of rotatable bonds is 8. The Labute approximate surface area is 429 Å². The molecule has 0 heterocycles. The standard InChI is InChI=1S/C72H53N/c1-70(2)63-31-17-13-28-57(63)60-44-41-55(47-66(60)70)73(69-34-20-16-27-56(69)50-38-43-61-58-29-14-18-32-64(58)71(3,67(61)46-50)51-21-7-4-8-22-51)54-39-35-48(36-40-54)49-37-42-62-59-30-15-19-33-65(59)72(68(62)45-49,52-23-9-5-10-24-52)53-25-11-6-12-26-53/h4-47H,1-3H3. The van der Waals surface area contributed by atoms with E-state index in [0.29, 0.717) is 0 Å². The molecule has 11 aromatic carbocycles. The molecule has 0 saturated carbocycles. The summed E-state index contributed by atoms with van der Waals surface area (Å²) in [6.45, 7) is 7.16. The lowest BCUT2D eigenvalue weighted by Gasteiger charge is -2.34. The van der Waals surface area contributed by atoms with Gasteiger partial charge in [0.1, 0.15) is 0 Å². The average molecular weight is 932 g/mol. The van der Waals surface area contributed by atoms with Gasteiger partial charge >= 0.3 is 0 Å². The quantitative estimate of drug-likeness (QED) is 0.147. The first kappa shape index (κ1) is 43.0. The summed E-state index contributed by atoms with van der Waals surface area (Å²) in [6, 6.07) is 99.9. The number of hydrogen-bond donors (Lipinski definition) is 0. The zero-order chi connectivity index (χ0) is 48.9. The summed E-state index contributed by atoms with van der Waals surface area (Å²) in [5, 5.41) is 0. The molecule has 0 saturated heterocycles. The van der Waals surface area contributed by atoms with Gasteiger partial charge in [0.15, 0.2) is 0 Å². The van der Waals surface area contributed by atoms with Crippen LogP contribution in [0, 0.1) is 0 Å². The molecule has 0 fully saturated rings. The smallest absolute Gasteiger partial charge is 0.0713 e. The van der Waals surface area contributed by atoms with Gasteiger partial charge in [-0.2, -0.15) is 0 Å². The van der Waals surface area contributed by atoms with E-state index in [-0.39, 0.29) is 10.8 Å². The fourth-order valence-corrected chi connectivity index (χ4v) is 13.3. The van der Waals surface area contributed by atoms with Gasteiger partial charge in [0.25, 0.3) is 0 Å². The minimum Gasteiger partial charge on any atom is -0.310 e. The van der Waals surface area contributed by atoms with E-state index >= 15 is 0 Å². The second-order valence-electron chi connectivity index (χ2n) is 20.9. The van der Waals surface area contributed by atoms with Crippen molar-refractivity contribution >= 4 is 17.1 Å². The molecule has 0 aliphatic heterocycles. The van der Waals surface area contributed by atoms with Crippen LogP contribution >= 0.6 is 0 Å². The SMILES string of the molecule is CC1(C)c2ccccc2-c2ccc(N(c3ccc(-c4ccc5c(c4)C(c4ccccc4)(c4ccccc4)c4ccccc4-5)cc3)c3ccccc3-c3ccc4c(c3)C(C)(c3ccccc3)c3ccccc3-4)cc21. The highest BCUT2D eigenvalue weighted by Gasteiger charge is 2.46. The third-order valence-electron chi connectivity index (χ3n) is 16.9. The van der Waals surface area contributed by atoms with Crippen molar-refractivity contribution in [1.29, 1.82) is 0 Å². The van der Waals surface area contributed by atoms with Crippen molar-refractivity contribution in [3.8, 4) is 55.6 Å². The highest BCUT2D eigenvalue weighted by atomic mass is 15.1. The van der Waals surface area contributed by atoms with Crippen molar-refractivity contribution in [2.45, 2.75) is 37.0 Å². The number of anilines is 3. The van der Waals surface area contributed by atoms with Crippen LogP contribution in [0.15, 0.2) is 267 Å². The Hall–Kier alpha value is -8.78. The second-order valence-corrected chi connectivity index (χ2v) is 20.9. The predicted molar refractivity (Wildman–Crippen MR) is 304 cm³/mol. The molecule has 1 unspecified atom stereocenters. The van der Waals surface area contributed by atoms with Crippen LogP contribution in [0.4, 0.5) is 17.1 Å². The monoisotopic (exact) mass is 931 g/mol. The van der Waals surface area contributed by atoms with Crippen LogP contribution in [-0.4, -0.2) is 0 Å². The number of hydrogen-bond acceptors (Lipinski definition) is 1. The third-order valence-corrected chi connectivity index (χ3v) is 16.9. The molecule has 0 bridgehead atoms. The topological polar surface area (TPSA) is 3.24 Å². The van der Waals surface area contributed by atoms with Crippen molar-refractivity contribution in [2.24, 2.45) is 0 Å². The molecule has 73 heavy (non-hydrogen) atoms. The largest absolute Gasteiger partial charge is 0.310 e. The first-order valence-electron chi connectivity index (χ1n) is 25.7. The van der Waals surface area contributed by atoms with E-state index in [0.717, 1.165) is 17.1 Å². The summed E-state index contributed by atoms with van der Waals surface area (Å²) < 4.78 is 0. The Balaban J connectivity index is 0.928. The van der Waals surface area contributed by atoms with Crippen molar-refractivity contribution < 1.29 is 0 Å². The lowest BCUT2D eigenvalue weighted by atomic mass is 9.67. The molecule has 3 aliphatic rings. The number of benzene rings is 11. The fraction of sp³-hybridized carbons (Fsp3) is 0.0833. The number of nitrogens with zero attached hydrogens (tertiary/aromatic N) is 1. The van der Waals surface area contributed by atoms with Gasteiger partial charge in [0.05, 0.1) is 11.1 Å². The molecule has 346 valence electrons. The second kappa shape index (κ2) is 16.4. The van der Waals surface area contributed by atoms with E-state index < -0.39 is 5.41 Å². The highest BCUT2D eigenvalue weighted by molar-refractivity contribution is 5.94. The molecule has 0 aromatic heterocycles. The fourth-order valence-electron chi connectivity index (χ4n) is 13.3. The number of para-hydroxylation sites is 1. The molecule has 0 radical (unpaired) electrons. The van der Waals surface area contributed by atoms with Crippen LogP contribution in [0.5, 0.6) is 0 Å². The van der Waals surface area contributed by atoms with Gasteiger partial charge < -0.3 is 4.90 Å². The molecule has 3 aliphatic carbocycles. The Morgan fingerprint density at radius 1 is 0.260 bits per heavy atom. The molecule has 0 spiro atoms. The predicted octanol–water partition coefficient (Wildman–Crippen LogP) is 18.5. The maximum atomic E-state index is 2.49. The van der Waals surface area contributed by atoms with Gasteiger partial charge in [-0.05, 0) is 150 Å². The van der Waals surface area contributed by atoms with Gasteiger partial charge in [-0.3, -0.25) is 0 Å². The molecule has 1 atom stereocenters. The lowest BCUT2D eigenvalue weighted by molar-refractivity contribution is 0.660. The van der Waals surface area contributed by atoms with Gasteiger partial charge in [0.2, 0.25) is 0 Å². The zero-order valence-corrected chi connectivity index (χ0v) is 41.4. The molecule has 0 amide bonds. The van der Waals surface area contributed by atoms with Crippen molar-refractivity contribution in [3.63, 3.8) is 0 Å². The maximum absolute atomic E-state index is 2.49. The van der Waals surface area contributed by atoms with Crippen LogP contribution < -0.4 is 4.90 Å². The Morgan fingerprint density at radius 3 is 1.34 bits per heavy atom. The summed E-state index contributed by atoms with van der Waals surface area (Å²) in [7, 11) is 0. The number of fused-ring (bicyclic) bond motifs is 9. The molecular formula is C72H53N. The maximum Gasteiger partial charge on any atom is 0.0713 e. The average Bonchev–Trinajstić information content (AvgIpc) is 4.02. The van der Waals surface area contributed by atoms with Gasteiger partial charge in [-0.1, -0.05) is 238 Å². The van der Waals surface area contributed by atoms with E-state index in [4.69, 9.17) is 0 Å². The lowest BCUT2D eigenvalue weighted by Crippen LogP contribution is -2.28. The molecule has 14 rings (SSSR count). The van der Waals surface area contributed by atoms with Crippen molar-refractivity contribution in [3.05, 3.63) is 317 Å². The van der Waals surface area contributed by atoms with Crippen LogP contribution in [0.1, 0.15) is 70.8 Å². The van der Waals surface area contributed by atoms with E-state index in [1.807, 2.05) is 0 Å². The van der Waals surface area contributed by atoms with Crippen LogP contribution in [0.25, 0.3) is 55.6 Å². The zero-order valence-electron chi connectivity index (χ0n) is 41.4. The summed E-state index contributed by atoms with van der Waals surface area (Å²) >= 11 is 0. The third kappa shape index (κ3) is 6.28. The molecule has 1 heteroatoms. The Morgan fingerprint density at radius 2 is 0.685 bits per heavy atom. The van der Waals surface area contributed by atoms with Crippen LogP contribution in [0.3, 0.4) is 0 Å².